The quantitative estimate of drug-likeness (QED) is 0.907. The van der Waals surface area contributed by atoms with Gasteiger partial charge in [0.05, 0.1) is 6.04 Å². The van der Waals surface area contributed by atoms with Crippen LogP contribution in [0.2, 0.25) is 0 Å². The molecule has 0 radical (unpaired) electrons. The highest BCUT2D eigenvalue weighted by molar-refractivity contribution is 5.81. The number of nitrogens with zero attached hydrogens (tertiary/aromatic N) is 1. The van der Waals surface area contributed by atoms with Gasteiger partial charge in [-0.3, -0.25) is 9.69 Å². The third-order valence-electron chi connectivity index (χ3n) is 5.03. The highest BCUT2D eigenvalue weighted by atomic mass is 19.1. The van der Waals surface area contributed by atoms with E-state index in [2.05, 4.69) is 17.1 Å². The normalized spacial score (nSPS) is 28.4. The maximum atomic E-state index is 13.0. The topological polar surface area (TPSA) is 32.3 Å². The summed E-state index contributed by atoms with van der Waals surface area (Å²) in [6.45, 7) is 4.71. The summed E-state index contributed by atoms with van der Waals surface area (Å²) in [5.74, 6) is 1.40. The van der Waals surface area contributed by atoms with E-state index < -0.39 is 0 Å². The number of nitrogens with one attached hydrogen (secondary N) is 1. The van der Waals surface area contributed by atoms with E-state index >= 15 is 0 Å². The molecule has 2 fully saturated rings. The molecule has 1 aromatic rings. The fourth-order valence-corrected chi connectivity index (χ4v) is 3.33. The molecule has 120 valence electrons. The van der Waals surface area contributed by atoms with Crippen LogP contribution in [-0.2, 0) is 11.3 Å². The van der Waals surface area contributed by atoms with Crippen LogP contribution >= 0.6 is 0 Å². The highest BCUT2D eigenvalue weighted by Gasteiger charge is 2.34. The molecule has 4 heteroatoms. The Morgan fingerprint density at radius 3 is 2.73 bits per heavy atom. The molecule has 1 heterocycles. The molecule has 3 rings (SSSR count). The van der Waals surface area contributed by atoms with Gasteiger partial charge in [-0.25, -0.2) is 4.39 Å². The van der Waals surface area contributed by atoms with Crippen LogP contribution in [0.1, 0.15) is 38.2 Å². The Hall–Kier alpha value is -1.42. The smallest absolute Gasteiger partial charge is 0.237 e. The second-order valence-corrected chi connectivity index (χ2v) is 6.83. The molecule has 2 aliphatic rings. The third-order valence-corrected chi connectivity index (χ3v) is 5.03. The number of amides is 1. The summed E-state index contributed by atoms with van der Waals surface area (Å²) in [5, 5.41) is 3.13. The first kappa shape index (κ1) is 15.5. The van der Waals surface area contributed by atoms with E-state index in [0.29, 0.717) is 5.92 Å². The summed E-state index contributed by atoms with van der Waals surface area (Å²) in [6.07, 6.45) is 4.40. The van der Waals surface area contributed by atoms with Gasteiger partial charge in [0.2, 0.25) is 5.91 Å². The van der Waals surface area contributed by atoms with E-state index in [1.807, 2.05) is 12.1 Å². The lowest BCUT2D eigenvalue weighted by Crippen LogP contribution is -2.49. The zero-order chi connectivity index (χ0) is 15.5. The average molecular weight is 304 g/mol. The molecule has 0 spiro atoms. The molecule has 1 saturated heterocycles. The van der Waals surface area contributed by atoms with Crippen LogP contribution in [0.5, 0.6) is 0 Å². The molecule has 1 aliphatic carbocycles. The molecule has 22 heavy (non-hydrogen) atoms. The van der Waals surface area contributed by atoms with Crippen molar-refractivity contribution in [2.45, 2.75) is 45.2 Å². The lowest BCUT2D eigenvalue weighted by atomic mass is 10.00. The SMILES string of the molecule is C[C@@H]1C[C@@H]1CNC(=O)[C@H]1CCCCN1Cc1ccc(F)cc1. The van der Waals surface area contributed by atoms with E-state index in [1.54, 1.807) is 0 Å². The van der Waals surface area contributed by atoms with Crippen LogP contribution in [0.15, 0.2) is 24.3 Å². The molecule has 0 aromatic heterocycles. The largest absolute Gasteiger partial charge is 0.354 e. The van der Waals surface area contributed by atoms with E-state index in [4.69, 9.17) is 0 Å². The predicted molar refractivity (Wildman–Crippen MR) is 84.7 cm³/mol. The van der Waals surface area contributed by atoms with Gasteiger partial charge in [-0.2, -0.15) is 0 Å². The molecular weight excluding hydrogens is 279 g/mol. The van der Waals surface area contributed by atoms with Gasteiger partial charge in [-0.15, -0.1) is 0 Å². The number of benzene rings is 1. The predicted octanol–water partition coefficient (Wildman–Crippen LogP) is 2.95. The maximum Gasteiger partial charge on any atom is 0.237 e. The number of carbonyl (C=O) groups excluding carboxylic acids is 1. The second kappa shape index (κ2) is 6.78. The molecule has 1 N–H and O–H groups in total. The summed E-state index contributed by atoms with van der Waals surface area (Å²) in [7, 11) is 0. The van der Waals surface area contributed by atoms with Crippen molar-refractivity contribution in [1.29, 1.82) is 0 Å². The molecular formula is C18H25FN2O. The van der Waals surface area contributed by atoms with Crippen molar-refractivity contribution in [3.63, 3.8) is 0 Å². The summed E-state index contributed by atoms with van der Waals surface area (Å²) in [5.41, 5.74) is 1.07. The lowest BCUT2D eigenvalue weighted by Gasteiger charge is -2.34. The van der Waals surface area contributed by atoms with Crippen LogP contribution in [0.25, 0.3) is 0 Å². The van der Waals surface area contributed by atoms with Crippen molar-refractivity contribution in [3.8, 4) is 0 Å². The van der Waals surface area contributed by atoms with E-state index in [-0.39, 0.29) is 17.8 Å². The lowest BCUT2D eigenvalue weighted by molar-refractivity contribution is -0.128. The number of hydrogen-bond acceptors (Lipinski definition) is 2. The van der Waals surface area contributed by atoms with Gasteiger partial charge in [0.1, 0.15) is 5.82 Å². The fourth-order valence-electron chi connectivity index (χ4n) is 3.33. The molecule has 0 bridgehead atoms. The number of piperidine rings is 1. The van der Waals surface area contributed by atoms with Crippen molar-refractivity contribution in [2.24, 2.45) is 11.8 Å². The molecule has 3 atom stereocenters. The van der Waals surface area contributed by atoms with Crippen LogP contribution in [0.3, 0.4) is 0 Å². The number of hydrogen-bond donors (Lipinski definition) is 1. The molecule has 1 aliphatic heterocycles. The Morgan fingerprint density at radius 2 is 2.05 bits per heavy atom. The van der Waals surface area contributed by atoms with Gasteiger partial charge in [0, 0.05) is 13.1 Å². The first-order valence-corrected chi connectivity index (χ1v) is 8.39. The van der Waals surface area contributed by atoms with E-state index in [0.717, 1.165) is 50.4 Å². The third kappa shape index (κ3) is 3.86. The molecule has 1 saturated carbocycles. The molecule has 3 nitrogen and oxygen atoms in total. The molecule has 1 aromatic carbocycles. The Bertz CT molecular complexity index is 516. The zero-order valence-electron chi connectivity index (χ0n) is 13.2. The number of halogens is 1. The molecule has 0 unspecified atom stereocenters. The number of carbonyl (C=O) groups is 1. The van der Waals surface area contributed by atoms with Crippen molar-refractivity contribution in [3.05, 3.63) is 35.6 Å². The summed E-state index contributed by atoms with van der Waals surface area (Å²) in [4.78, 5) is 14.7. The monoisotopic (exact) mass is 304 g/mol. The Labute approximate surface area is 131 Å². The Kier molecular flexibility index (Phi) is 4.77. The van der Waals surface area contributed by atoms with Crippen LogP contribution < -0.4 is 5.32 Å². The van der Waals surface area contributed by atoms with Crippen LogP contribution in [0, 0.1) is 17.7 Å². The minimum Gasteiger partial charge on any atom is -0.354 e. The van der Waals surface area contributed by atoms with Crippen molar-refractivity contribution >= 4 is 5.91 Å². The van der Waals surface area contributed by atoms with Gasteiger partial charge >= 0.3 is 0 Å². The number of likely N-dealkylation sites (tertiary alicyclic amines) is 1. The molecule has 1 amide bonds. The minimum absolute atomic E-state index is 0.0344. The van der Waals surface area contributed by atoms with Crippen molar-refractivity contribution < 1.29 is 9.18 Å². The van der Waals surface area contributed by atoms with Crippen LogP contribution in [-0.4, -0.2) is 29.9 Å². The Morgan fingerprint density at radius 1 is 1.32 bits per heavy atom. The van der Waals surface area contributed by atoms with Gasteiger partial charge in [-0.05, 0) is 55.3 Å². The summed E-state index contributed by atoms with van der Waals surface area (Å²) in [6, 6.07) is 6.56. The van der Waals surface area contributed by atoms with E-state index in [9.17, 15) is 9.18 Å². The second-order valence-electron chi connectivity index (χ2n) is 6.83. The summed E-state index contributed by atoms with van der Waals surface area (Å²) < 4.78 is 13.0. The average Bonchev–Trinajstić information content (AvgIpc) is 3.23. The minimum atomic E-state index is -0.213. The Balaban J connectivity index is 1.57. The standard InChI is InChI=1S/C18H25FN2O/c1-13-10-15(13)11-20-18(22)17-4-2-3-9-21(17)12-14-5-7-16(19)8-6-14/h5-8,13,15,17H,2-4,9-12H2,1H3,(H,20,22)/t13-,15-,17-/m1/s1. The van der Waals surface area contributed by atoms with Crippen molar-refractivity contribution in [1.82, 2.24) is 10.2 Å². The van der Waals surface area contributed by atoms with Gasteiger partial charge in [0.15, 0.2) is 0 Å². The van der Waals surface area contributed by atoms with Gasteiger partial charge in [0.25, 0.3) is 0 Å². The van der Waals surface area contributed by atoms with Crippen LogP contribution in [0.4, 0.5) is 4.39 Å². The van der Waals surface area contributed by atoms with Crippen molar-refractivity contribution in [2.75, 3.05) is 13.1 Å². The van der Waals surface area contributed by atoms with Gasteiger partial charge in [-0.1, -0.05) is 25.5 Å². The first-order valence-electron chi connectivity index (χ1n) is 8.39. The first-order chi connectivity index (χ1) is 10.6. The maximum absolute atomic E-state index is 13.0. The highest BCUT2D eigenvalue weighted by Crippen LogP contribution is 2.36. The summed E-state index contributed by atoms with van der Waals surface area (Å²) >= 11 is 0. The fraction of sp³-hybridized carbons (Fsp3) is 0.611. The van der Waals surface area contributed by atoms with Gasteiger partial charge < -0.3 is 5.32 Å². The van der Waals surface area contributed by atoms with E-state index in [1.165, 1.54) is 18.6 Å². The zero-order valence-corrected chi connectivity index (χ0v) is 13.2. The number of rotatable bonds is 5.